The van der Waals surface area contributed by atoms with Crippen molar-refractivity contribution in [3.05, 3.63) is 48.2 Å². The lowest BCUT2D eigenvalue weighted by molar-refractivity contribution is -0.115. The van der Waals surface area contributed by atoms with Gasteiger partial charge in [-0.25, -0.2) is 9.78 Å². The molecule has 1 amide bonds. The fourth-order valence-corrected chi connectivity index (χ4v) is 3.03. The van der Waals surface area contributed by atoms with Crippen LogP contribution in [0.25, 0.3) is 0 Å². The monoisotopic (exact) mass is 354 g/mol. The van der Waals surface area contributed by atoms with Crippen LogP contribution >= 0.6 is 0 Å². The fraction of sp³-hybridized carbons (Fsp3) is 0.316. The molecule has 1 fully saturated rings. The smallest absolute Gasteiger partial charge is 0.337 e. The van der Waals surface area contributed by atoms with E-state index >= 15 is 0 Å². The summed E-state index contributed by atoms with van der Waals surface area (Å²) >= 11 is 0. The third-order valence-electron chi connectivity index (χ3n) is 4.43. The summed E-state index contributed by atoms with van der Waals surface area (Å²) in [5, 5.41) is 12.3. The molecule has 26 heavy (non-hydrogen) atoms. The molecule has 0 atom stereocenters. The molecule has 136 valence electrons. The van der Waals surface area contributed by atoms with Gasteiger partial charge in [0.05, 0.1) is 11.3 Å². The molecule has 0 unspecified atom stereocenters. The van der Waals surface area contributed by atoms with Crippen molar-refractivity contribution in [3.63, 3.8) is 0 Å². The first kappa shape index (κ1) is 17.7. The highest BCUT2D eigenvalue weighted by Gasteiger charge is 2.22. The summed E-state index contributed by atoms with van der Waals surface area (Å²) in [7, 11) is 0. The zero-order valence-electron chi connectivity index (χ0n) is 14.7. The van der Waals surface area contributed by atoms with Crippen LogP contribution in [0.5, 0.6) is 0 Å². The minimum absolute atomic E-state index is 0.141. The van der Waals surface area contributed by atoms with Gasteiger partial charge in [-0.2, -0.15) is 0 Å². The second kappa shape index (κ2) is 7.86. The number of carbonyl (C=O) groups is 2. The van der Waals surface area contributed by atoms with Crippen molar-refractivity contribution in [2.45, 2.75) is 13.3 Å². The number of hydrogen-bond donors (Lipinski definition) is 2. The highest BCUT2D eigenvalue weighted by Crippen LogP contribution is 2.26. The largest absolute Gasteiger partial charge is 0.478 e. The van der Waals surface area contributed by atoms with Crippen LogP contribution in [0.2, 0.25) is 0 Å². The summed E-state index contributed by atoms with van der Waals surface area (Å²) in [6, 6.07) is 10.9. The zero-order chi connectivity index (χ0) is 18.5. The highest BCUT2D eigenvalue weighted by atomic mass is 16.4. The minimum atomic E-state index is -1.00. The van der Waals surface area contributed by atoms with Gasteiger partial charge in [0.2, 0.25) is 5.91 Å². The molecule has 7 nitrogen and oxygen atoms in total. The van der Waals surface area contributed by atoms with Gasteiger partial charge in [-0.3, -0.25) is 4.79 Å². The van der Waals surface area contributed by atoms with E-state index in [-0.39, 0.29) is 11.5 Å². The summed E-state index contributed by atoms with van der Waals surface area (Å²) in [4.78, 5) is 31.9. The number of carboxylic acid groups (broad SMARTS) is 1. The number of aromatic nitrogens is 1. The molecule has 0 bridgehead atoms. The third-order valence-corrected chi connectivity index (χ3v) is 4.43. The quantitative estimate of drug-likeness (QED) is 0.858. The lowest BCUT2D eigenvalue weighted by Crippen LogP contribution is -2.47. The molecule has 0 aliphatic carbocycles. The van der Waals surface area contributed by atoms with Gasteiger partial charge in [0.1, 0.15) is 5.82 Å². The predicted molar refractivity (Wildman–Crippen MR) is 101 cm³/mol. The van der Waals surface area contributed by atoms with E-state index in [2.05, 4.69) is 20.1 Å². The van der Waals surface area contributed by atoms with E-state index in [4.69, 9.17) is 0 Å². The van der Waals surface area contributed by atoms with Crippen LogP contribution in [-0.2, 0) is 4.79 Å². The molecular formula is C19H22N4O3. The van der Waals surface area contributed by atoms with Crippen LogP contribution in [0.4, 0.5) is 17.2 Å². The van der Waals surface area contributed by atoms with Crippen molar-refractivity contribution in [2.24, 2.45) is 0 Å². The van der Waals surface area contributed by atoms with Gasteiger partial charge in [0.15, 0.2) is 0 Å². The Balaban J connectivity index is 1.75. The summed E-state index contributed by atoms with van der Waals surface area (Å²) in [5.74, 6) is -0.207. The van der Waals surface area contributed by atoms with Gasteiger partial charge in [-0.1, -0.05) is 13.0 Å². The van der Waals surface area contributed by atoms with E-state index in [0.29, 0.717) is 30.9 Å². The SMILES string of the molecule is CCC(=O)Nc1ccc(N2CCN(c3ccccn3)CC2)c(C(=O)O)c1. The van der Waals surface area contributed by atoms with Crippen LogP contribution in [0, 0.1) is 0 Å². The molecule has 1 aliphatic rings. The lowest BCUT2D eigenvalue weighted by Gasteiger charge is -2.37. The molecule has 0 spiro atoms. The average molecular weight is 354 g/mol. The molecule has 3 rings (SSSR count). The van der Waals surface area contributed by atoms with Crippen LogP contribution in [-0.4, -0.2) is 48.1 Å². The van der Waals surface area contributed by atoms with E-state index in [1.807, 2.05) is 18.2 Å². The number of carbonyl (C=O) groups excluding carboxylic acids is 1. The first-order valence-electron chi connectivity index (χ1n) is 8.66. The third kappa shape index (κ3) is 3.93. The predicted octanol–water partition coefficient (Wildman–Crippen LogP) is 2.45. The molecule has 2 N–H and O–H groups in total. The standard InChI is InChI=1S/C19H22N4O3/c1-2-18(24)21-14-6-7-16(15(13-14)19(25)26)22-9-11-23(12-10-22)17-5-3-4-8-20-17/h3-8,13H,2,9-12H2,1H3,(H,21,24)(H,25,26). The van der Waals surface area contributed by atoms with Crippen molar-refractivity contribution in [1.29, 1.82) is 0 Å². The van der Waals surface area contributed by atoms with Gasteiger partial charge in [0, 0.05) is 44.5 Å². The van der Waals surface area contributed by atoms with E-state index < -0.39 is 5.97 Å². The summed E-state index contributed by atoms with van der Waals surface area (Å²) in [5.41, 5.74) is 1.38. The van der Waals surface area contributed by atoms with Gasteiger partial charge in [-0.15, -0.1) is 0 Å². The van der Waals surface area contributed by atoms with Crippen molar-refractivity contribution < 1.29 is 14.7 Å². The van der Waals surface area contributed by atoms with Gasteiger partial charge in [-0.05, 0) is 30.3 Å². The van der Waals surface area contributed by atoms with Crippen LogP contribution in [0.15, 0.2) is 42.6 Å². The average Bonchev–Trinajstić information content (AvgIpc) is 2.68. The first-order valence-corrected chi connectivity index (χ1v) is 8.66. The maximum Gasteiger partial charge on any atom is 0.337 e. The molecule has 0 saturated carbocycles. The van der Waals surface area contributed by atoms with Crippen LogP contribution < -0.4 is 15.1 Å². The number of hydrogen-bond acceptors (Lipinski definition) is 5. The second-order valence-corrected chi connectivity index (χ2v) is 6.10. The van der Waals surface area contributed by atoms with E-state index in [1.165, 1.54) is 6.07 Å². The number of rotatable bonds is 5. The maximum absolute atomic E-state index is 11.7. The number of amides is 1. The van der Waals surface area contributed by atoms with E-state index in [0.717, 1.165) is 18.9 Å². The maximum atomic E-state index is 11.7. The highest BCUT2D eigenvalue weighted by molar-refractivity contribution is 5.98. The number of piperazine rings is 1. The van der Waals surface area contributed by atoms with Crippen molar-refractivity contribution >= 4 is 29.1 Å². The molecule has 2 aromatic rings. The van der Waals surface area contributed by atoms with Crippen molar-refractivity contribution in [2.75, 3.05) is 41.3 Å². The van der Waals surface area contributed by atoms with Crippen molar-refractivity contribution in [1.82, 2.24) is 4.98 Å². The molecule has 1 aliphatic heterocycles. The van der Waals surface area contributed by atoms with Gasteiger partial charge in [0.25, 0.3) is 0 Å². The van der Waals surface area contributed by atoms with E-state index in [9.17, 15) is 14.7 Å². The fourth-order valence-electron chi connectivity index (χ4n) is 3.03. The number of nitrogens with zero attached hydrogens (tertiary/aromatic N) is 3. The Morgan fingerprint density at radius 3 is 2.46 bits per heavy atom. The van der Waals surface area contributed by atoms with Crippen LogP contribution in [0.3, 0.4) is 0 Å². The molecule has 1 aromatic carbocycles. The Labute approximate surface area is 152 Å². The Hall–Kier alpha value is -3.09. The van der Waals surface area contributed by atoms with E-state index in [1.54, 1.807) is 25.3 Å². The molecule has 7 heteroatoms. The number of anilines is 3. The minimum Gasteiger partial charge on any atom is -0.478 e. The summed E-state index contributed by atoms with van der Waals surface area (Å²) < 4.78 is 0. The number of aromatic carboxylic acids is 1. The van der Waals surface area contributed by atoms with Gasteiger partial charge < -0.3 is 20.2 Å². The molecule has 0 radical (unpaired) electrons. The number of nitrogens with one attached hydrogen (secondary N) is 1. The number of benzene rings is 1. The molecule has 1 aromatic heterocycles. The van der Waals surface area contributed by atoms with Gasteiger partial charge >= 0.3 is 5.97 Å². The lowest BCUT2D eigenvalue weighted by atomic mass is 10.1. The molecular weight excluding hydrogens is 332 g/mol. The Morgan fingerprint density at radius 1 is 1.12 bits per heavy atom. The second-order valence-electron chi connectivity index (χ2n) is 6.10. The number of carboxylic acids is 1. The topological polar surface area (TPSA) is 85.8 Å². The summed E-state index contributed by atoms with van der Waals surface area (Å²) in [6.07, 6.45) is 2.12. The molecule has 2 heterocycles. The number of pyridine rings is 1. The van der Waals surface area contributed by atoms with Crippen LogP contribution in [0.1, 0.15) is 23.7 Å². The Morgan fingerprint density at radius 2 is 1.85 bits per heavy atom. The normalized spacial score (nSPS) is 14.2. The molecule has 1 saturated heterocycles. The summed E-state index contributed by atoms with van der Waals surface area (Å²) in [6.45, 7) is 4.70. The zero-order valence-corrected chi connectivity index (χ0v) is 14.7. The van der Waals surface area contributed by atoms with Crippen molar-refractivity contribution in [3.8, 4) is 0 Å². The first-order chi connectivity index (χ1) is 12.6. The Bertz CT molecular complexity index is 787. The Kier molecular flexibility index (Phi) is 5.36.